The molecule has 1 heterocycles. The van der Waals surface area contributed by atoms with E-state index in [0.717, 1.165) is 17.7 Å². The van der Waals surface area contributed by atoms with Gasteiger partial charge in [0, 0.05) is 31.2 Å². The maximum absolute atomic E-state index is 4.29. The fraction of sp³-hybridized carbons (Fsp3) is 0.700. The summed E-state index contributed by atoms with van der Waals surface area (Å²) < 4.78 is 2.10. The molecule has 1 unspecified atom stereocenters. The summed E-state index contributed by atoms with van der Waals surface area (Å²) in [6.07, 6.45) is 7.48. The zero-order chi connectivity index (χ0) is 9.68. The number of hydrogen-bond acceptors (Lipinski definition) is 1. The number of nitrogens with zero attached hydrogens (tertiary/aromatic N) is 2. The Hall–Kier alpha value is -0.310. The Morgan fingerprint density at radius 3 is 2.92 bits per heavy atom. The number of rotatable bonds is 5. The van der Waals surface area contributed by atoms with Gasteiger partial charge < -0.3 is 4.57 Å². The first-order valence-electron chi connectivity index (χ1n) is 4.76. The lowest BCUT2D eigenvalue weighted by Crippen LogP contribution is -2.00. The number of halogens is 1. The molecule has 0 fully saturated rings. The van der Waals surface area contributed by atoms with Crippen molar-refractivity contribution in [3.63, 3.8) is 0 Å². The van der Waals surface area contributed by atoms with E-state index in [0.29, 0.717) is 0 Å². The third kappa shape index (κ3) is 3.51. The second-order valence-electron chi connectivity index (χ2n) is 3.61. The minimum Gasteiger partial charge on any atom is -0.338 e. The summed E-state index contributed by atoms with van der Waals surface area (Å²) >= 11 is 3.49. The molecule has 0 aliphatic rings. The second-order valence-corrected chi connectivity index (χ2v) is 4.25. The molecule has 1 aromatic rings. The number of alkyl halides is 1. The molecule has 1 atom stereocenters. The first-order valence-corrected chi connectivity index (χ1v) is 5.88. The highest BCUT2D eigenvalue weighted by Gasteiger charge is 2.02. The van der Waals surface area contributed by atoms with Gasteiger partial charge in [-0.1, -0.05) is 22.9 Å². The molecule has 0 aromatic carbocycles. The van der Waals surface area contributed by atoms with E-state index in [1.54, 1.807) is 0 Å². The van der Waals surface area contributed by atoms with Crippen LogP contribution in [0.15, 0.2) is 12.4 Å². The van der Waals surface area contributed by atoms with Gasteiger partial charge in [0.05, 0.1) is 0 Å². The average molecular weight is 245 g/mol. The quantitative estimate of drug-likeness (QED) is 0.729. The van der Waals surface area contributed by atoms with Gasteiger partial charge in [-0.25, -0.2) is 4.98 Å². The molecule has 0 amide bonds. The first kappa shape index (κ1) is 10.8. The highest BCUT2D eigenvalue weighted by atomic mass is 79.9. The maximum atomic E-state index is 4.29. The zero-order valence-corrected chi connectivity index (χ0v) is 9.92. The van der Waals surface area contributed by atoms with E-state index in [1.165, 1.54) is 18.7 Å². The standard InChI is InChI=1S/C10H17BrN2/c1-9(8-11)4-3-5-10-12-6-7-13(10)2/h6-7,9H,3-5,8H2,1-2H3. The maximum Gasteiger partial charge on any atom is 0.108 e. The third-order valence-corrected chi connectivity index (χ3v) is 3.39. The van der Waals surface area contributed by atoms with Crippen molar-refractivity contribution in [3.05, 3.63) is 18.2 Å². The van der Waals surface area contributed by atoms with Gasteiger partial charge in [-0.15, -0.1) is 0 Å². The molecule has 0 spiro atoms. The van der Waals surface area contributed by atoms with Crippen LogP contribution in [0.3, 0.4) is 0 Å². The van der Waals surface area contributed by atoms with Gasteiger partial charge in [0.2, 0.25) is 0 Å². The van der Waals surface area contributed by atoms with Crippen molar-refractivity contribution in [2.75, 3.05) is 5.33 Å². The Balaban J connectivity index is 2.24. The van der Waals surface area contributed by atoms with Crippen molar-refractivity contribution in [1.29, 1.82) is 0 Å². The Bertz CT molecular complexity index is 245. The summed E-state index contributed by atoms with van der Waals surface area (Å²) in [5, 5.41) is 1.10. The minimum atomic E-state index is 0.778. The van der Waals surface area contributed by atoms with E-state index in [2.05, 4.69) is 39.5 Å². The average Bonchev–Trinajstić information content (AvgIpc) is 2.52. The number of aryl methyl sites for hydroxylation is 2. The smallest absolute Gasteiger partial charge is 0.108 e. The van der Waals surface area contributed by atoms with Gasteiger partial charge in [-0.3, -0.25) is 0 Å². The monoisotopic (exact) mass is 244 g/mol. The molecule has 2 nitrogen and oxygen atoms in total. The predicted molar refractivity (Wildman–Crippen MR) is 59.1 cm³/mol. The molecular weight excluding hydrogens is 228 g/mol. The highest BCUT2D eigenvalue weighted by molar-refractivity contribution is 9.09. The van der Waals surface area contributed by atoms with Crippen LogP contribution in [0.5, 0.6) is 0 Å². The van der Waals surface area contributed by atoms with Gasteiger partial charge in [0.1, 0.15) is 5.82 Å². The second kappa shape index (κ2) is 5.43. The first-order chi connectivity index (χ1) is 6.24. The van der Waals surface area contributed by atoms with Crippen molar-refractivity contribution < 1.29 is 0 Å². The molecule has 0 N–H and O–H groups in total. The Morgan fingerprint density at radius 1 is 1.62 bits per heavy atom. The lowest BCUT2D eigenvalue weighted by atomic mass is 10.1. The largest absolute Gasteiger partial charge is 0.338 e. The molecule has 1 rings (SSSR count). The van der Waals surface area contributed by atoms with E-state index in [-0.39, 0.29) is 0 Å². The molecule has 13 heavy (non-hydrogen) atoms. The summed E-state index contributed by atoms with van der Waals surface area (Å²) in [6, 6.07) is 0. The summed E-state index contributed by atoms with van der Waals surface area (Å²) in [6.45, 7) is 2.27. The minimum absolute atomic E-state index is 0.778. The van der Waals surface area contributed by atoms with Crippen molar-refractivity contribution >= 4 is 15.9 Å². The Morgan fingerprint density at radius 2 is 2.38 bits per heavy atom. The van der Waals surface area contributed by atoms with Gasteiger partial charge >= 0.3 is 0 Å². The molecule has 0 saturated heterocycles. The SMILES string of the molecule is CC(CBr)CCCc1nccn1C. The molecule has 0 aliphatic carbocycles. The summed E-state index contributed by atoms with van der Waals surface area (Å²) in [4.78, 5) is 4.29. The molecule has 1 aromatic heterocycles. The zero-order valence-electron chi connectivity index (χ0n) is 8.33. The summed E-state index contributed by atoms with van der Waals surface area (Å²) in [7, 11) is 2.05. The van der Waals surface area contributed by atoms with Crippen LogP contribution in [0.2, 0.25) is 0 Å². The fourth-order valence-electron chi connectivity index (χ4n) is 1.32. The molecule has 74 valence electrons. The number of hydrogen-bond donors (Lipinski definition) is 0. The van der Waals surface area contributed by atoms with Crippen LogP contribution < -0.4 is 0 Å². The third-order valence-electron chi connectivity index (χ3n) is 2.28. The highest BCUT2D eigenvalue weighted by Crippen LogP contribution is 2.10. The number of imidazole rings is 1. The van der Waals surface area contributed by atoms with E-state index in [1.807, 2.05) is 12.4 Å². The van der Waals surface area contributed by atoms with Gasteiger partial charge in [-0.05, 0) is 18.8 Å². The van der Waals surface area contributed by atoms with Crippen molar-refractivity contribution in [1.82, 2.24) is 9.55 Å². The van der Waals surface area contributed by atoms with Crippen LogP contribution in [0.1, 0.15) is 25.6 Å². The molecular formula is C10H17BrN2. The van der Waals surface area contributed by atoms with Crippen LogP contribution in [0.4, 0.5) is 0 Å². The molecule has 0 radical (unpaired) electrons. The lowest BCUT2D eigenvalue weighted by Gasteiger charge is -2.06. The van der Waals surface area contributed by atoms with Crippen LogP contribution >= 0.6 is 15.9 Å². The van der Waals surface area contributed by atoms with Gasteiger partial charge in [0.25, 0.3) is 0 Å². The molecule has 0 bridgehead atoms. The van der Waals surface area contributed by atoms with Crippen LogP contribution in [-0.4, -0.2) is 14.9 Å². The van der Waals surface area contributed by atoms with Crippen LogP contribution in [0.25, 0.3) is 0 Å². The normalized spacial score (nSPS) is 13.2. The molecule has 0 saturated carbocycles. The van der Waals surface area contributed by atoms with E-state index >= 15 is 0 Å². The van der Waals surface area contributed by atoms with Crippen molar-refractivity contribution in [2.45, 2.75) is 26.2 Å². The van der Waals surface area contributed by atoms with Gasteiger partial charge in [-0.2, -0.15) is 0 Å². The van der Waals surface area contributed by atoms with Crippen molar-refractivity contribution in [3.8, 4) is 0 Å². The van der Waals surface area contributed by atoms with Crippen LogP contribution in [-0.2, 0) is 13.5 Å². The Kier molecular flexibility index (Phi) is 4.50. The molecule has 0 aliphatic heterocycles. The van der Waals surface area contributed by atoms with Gasteiger partial charge in [0.15, 0.2) is 0 Å². The Labute approximate surface area is 88.5 Å². The topological polar surface area (TPSA) is 17.8 Å². The van der Waals surface area contributed by atoms with E-state index < -0.39 is 0 Å². The summed E-state index contributed by atoms with van der Waals surface area (Å²) in [5.41, 5.74) is 0. The van der Waals surface area contributed by atoms with Crippen molar-refractivity contribution in [2.24, 2.45) is 13.0 Å². The number of aromatic nitrogens is 2. The summed E-state index contributed by atoms with van der Waals surface area (Å²) in [5.74, 6) is 1.97. The fourth-order valence-corrected chi connectivity index (χ4v) is 1.65. The van der Waals surface area contributed by atoms with E-state index in [9.17, 15) is 0 Å². The lowest BCUT2D eigenvalue weighted by molar-refractivity contribution is 0.555. The molecule has 3 heteroatoms. The van der Waals surface area contributed by atoms with Crippen LogP contribution in [0, 0.1) is 5.92 Å². The van der Waals surface area contributed by atoms with E-state index in [4.69, 9.17) is 0 Å². The predicted octanol–water partition coefficient (Wildman–Crippen LogP) is 2.77.